The van der Waals surface area contributed by atoms with E-state index in [9.17, 15) is 0 Å². The van der Waals surface area contributed by atoms with Crippen LogP contribution in [-0.2, 0) is 18.3 Å². The number of halogens is 1. The van der Waals surface area contributed by atoms with Crippen molar-refractivity contribution in [1.29, 1.82) is 0 Å². The Kier molecular flexibility index (Phi) is 9.75. The van der Waals surface area contributed by atoms with Gasteiger partial charge in [-0.25, -0.2) is 4.99 Å². The fraction of sp³-hybridized carbons (Fsp3) is 0.682. The van der Waals surface area contributed by atoms with Gasteiger partial charge in [-0.05, 0) is 38.1 Å². The van der Waals surface area contributed by atoms with Crippen LogP contribution in [-0.4, -0.2) is 64.0 Å². The zero-order valence-electron chi connectivity index (χ0n) is 19.3. The molecule has 2 aliphatic rings. The summed E-state index contributed by atoms with van der Waals surface area (Å²) in [6.07, 6.45) is 5.26. The van der Waals surface area contributed by atoms with E-state index >= 15 is 0 Å². The second-order valence-electron chi connectivity index (χ2n) is 8.60. The third kappa shape index (κ3) is 6.64. The van der Waals surface area contributed by atoms with Crippen molar-refractivity contribution in [3.8, 4) is 0 Å². The molecule has 2 fully saturated rings. The number of aryl methyl sites for hydroxylation is 1. The molecule has 2 unspecified atom stereocenters. The molecule has 10 heteroatoms. The van der Waals surface area contributed by atoms with E-state index < -0.39 is 0 Å². The highest BCUT2D eigenvalue weighted by molar-refractivity contribution is 14.0. The molecule has 3 heterocycles. The zero-order chi connectivity index (χ0) is 21.6. The van der Waals surface area contributed by atoms with Crippen molar-refractivity contribution in [2.45, 2.75) is 64.3 Å². The molecule has 178 valence electrons. The van der Waals surface area contributed by atoms with Gasteiger partial charge < -0.3 is 19.9 Å². The van der Waals surface area contributed by atoms with Crippen LogP contribution in [0.3, 0.4) is 0 Å². The first-order valence-corrected chi connectivity index (χ1v) is 12.3. The Bertz CT molecular complexity index is 851. The van der Waals surface area contributed by atoms with Crippen molar-refractivity contribution in [2.75, 3.05) is 26.2 Å². The monoisotopic (exact) mass is 573 g/mol. The van der Waals surface area contributed by atoms with Gasteiger partial charge in [0, 0.05) is 37.6 Å². The molecule has 32 heavy (non-hydrogen) atoms. The van der Waals surface area contributed by atoms with Gasteiger partial charge in [-0.15, -0.1) is 45.5 Å². The van der Waals surface area contributed by atoms with Crippen LogP contribution in [0, 0.1) is 6.92 Å². The Morgan fingerprint density at radius 3 is 2.81 bits per heavy atom. The number of thiophene rings is 1. The maximum absolute atomic E-state index is 5.78. The van der Waals surface area contributed by atoms with Crippen molar-refractivity contribution >= 4 is 41.3 Å². The van der Waals surface area contributed by atoms with Crippen LogP contribution >= 0.6 is 35.3 Å². The summed E-state index contributed by atoms with van der Waals surface area (Å²) in [5, 5.41) is 17.9. The highest BCUT2D eigenvalue weighted by Gasteiger charge is 2.27. The second kappa shape index (κ2) is 12.3. The summed E-state index contributed by atoms with van der Waals surface area (Å²) < 4.78 is 7.78. The largest absolute Gasteiger partial charge is 0.376 e. The first-order valence-electron chi connectivity index (χ1n) is 11.4. The number of aliphatic imine (C=N–C) groups is 1. The molecule has 1 aliphatic heterocycles. The number of hydrogen-bond donors (Lipinski definition) is 2. The molecule has 1 aliphatic carbocycles. The summed E-state index contributed by atoms with van der Waals surface area (Å²) in [6.45, 7) is 8.13. The molecule has 0 bridgehead atoms. The van der Waals surface area contributed by atoms with Crippen molar-refractivity contribution in [1.82, 2.24) is 30.3 Å². The molecule has 0 spiro atoms. The Balaban J connectivity index is 0.00000289. The van der Waals surface area contributed by atoms with Gasteiger partial charge in [0.1, 0.15) is 12.4 Å². The van der Waals surface area contributed by atoms with Crippen molar-refractivity contribution in [3.05, 3.63) is 34.0 Å². The predicted molar refractivity (Wildman–Crippen MR) is 140 cm³/mol. The standard InChI is InChI=1S/C22H35N7OS.HI/c1-16-15-29(10-11-30-16)19(20-9-6-12-31-20)13-23-22(25-18-7-4-5-8-18)24-14-21-27-26-17(2)28(21)3;/h6,9,12,16,18-19H,4-5,7-8,10-11,13-15H2,1-3H3,(H2,23,24,25);1H. The van der Waals surface area contributed by atoms with Gasteiger partial charge >= 0.3 is 0 Å². The number of hydrogen-bond acceptors (Lipinski definition) is 6. The molecule has 0 radical (unpaired) electrons. The first-order chi connectivity index (χ1) is 15.1. The zero-order valence-corrected chi connectivity index (χ0v) is 22.4. The highest BCUT2D eigenvalue weighted by Crippen LogP contribution is 2.26. The van der Waals surface area contributed by atoms with Crippen molar-refractivity contribution in [3.63, 3.8) is 0 Å². The summed E-state index contributed by atoms with van der Waals surface area (Å²) in [6, 6.07) is 5.18. The van der Waals surface area contributed by atoms with E-state index in [-0.39, 0.29) is 30.1 Å². The van der Waals surface area contributed by atoms with Crippen LogP contribution in [0.4, 0.5) is 0 Å². The molecule has 1 saturated heterocycles. The lowest BCUT2D eigenvalue weighted by molar-refractivity contribution is -0.0334. The average Bonchev–Trinajstić information content (AvgIpc) is 3.52. The summed E-state index contributed by atoms with van der Waals surface area (Å²) in [5.74, 6) is 2.65. The van der Waals surface area contributed by atoms with E-state index in [1.54, 1.807) is 0 Å². The third-order valence-electron chi connectivity index (χ3n) is 6.31. The number of rotatable bonds is 7. The SMILES string of the molecule is Cc1nnc(CN=C(NCC(c2cccs2)N2CCOC(C)C2)NC2CCCC2)n1C.I. The summed E-state index contributed by atoms with van der Waals surface area (Å²) >= 11 is 1.82. The minimum atomic E-state index is 0. The fourth-order valence-electron chi connectivity index (χ4n) is 4.37. The predicted octanol–water partition coefficient (Wildman–Crippen LogP) is 3.24. The average molecular weight is 574 g/mol. The molecular formula is C22H36IN7OS. The topological polar surface area (TPSA) is 79.6 Å². The molecule has 2 aromatic heterocycles. The van der Waals surface area contributed by atoms with Gasteiger partial charge in [0.05, 0.1) is 18.8 Å². The van der Waals surface area contributed by atoms with Gasteiger partial charge in [-0.2, -0.15) is 0 Å². The number of nitrogens with one attached hydrogen (secondary N) is 2. The summed E-state index contributed by atoms with van der Waals surface area (Å²) in [4.78, 5) is 8.79. The first kappa shape index (κ1) is 25.4. The highest BCUT2D eigenvalue weighted by atomic mass is 127. The van der Waals surface area contributed by atoms with Crippen LogP contribution in [0.5, 0.6) is 0 Å². The normalized spacial score (nSPS) is 21.3. The summed E-state index contributed by atoms with van der Waals surface area (Å²) in [5.41, 5.74) is 0. The quantitative estimate of drug-likeness (QED) is 0.301. The van der Waals surface area contributed by atoms with E-state index in [1.165, 1.54) is 30.6 Å². The number of ether oxygens (including phenoxy) is 1. The Labute approximate surface area is 212 Å². The van der Waals surface area contributed by atoms with Crippen LogP contribution in [0.1, 0.15) is 55.2 Å². The molecule has 2 N–H and O–H groups in total. The second-order valence-corrected chi connectivity index (χ2v) is 9.58. The van der Waals surface area contributed by atoms with E-state index in [1.807, 2.05) is 29.9 Å². The lowest BCUT2D eigenvalue weighted by Gasteiger charge is -2.37. The molecule has 2 atom stereocenters. The Hall–Kier alpha value is -1.24. The Morgan fingerprint density at radius 2 is 2.16 bits per heavy atom. The van der Waals surface area contributed by atoms with Gasteiger partial charge in [0.15, 0.2) is 11.8 Å². The van der Waals surface area contributed by atoms with Crippen LogP contribution in [0.25, 0.3) is 0 Å². The van der Waals surface area contributed by atoms with Crippen LogP contribution in [0.2, 0.25) is 0 Å². The Morgan fingerprint density at radius 1 is 1.34 bits per heavy atom. The van der Waals surface area contributed by atoms with E-state index in [0.29, 0.717) is 18.6 Å². The maximum Gasteiger partial charge on any atom is 0.191 e. The third-order valence-corrected chi connectivity index (χ3v) is 7.28. The van der Waals surface area contributed by atoms with Gasteiger partial charge in [-0.1, -0.05) is 18.9 Å². The fourth-order valence-corrected chi connectivity index (χ4v) is 5.23. The molecule has 8 nitrogen and oxygen atoms in total. The minimum absolute atomic E-state index is 0. The number of aromatic nitrogens is 3. The van der Waals surface area contributed by atoms with Crippen LogP contribution < -0.4 is 10.6 Å². The van der Waals surface area contributed by atoms with Gasteiger partial charge in [-0.3, -0.25) is 4.90 Å². The van der Waals surface area contributed by atoms with Crippen molar-refractivity contribution < 1.29 is 4.74 Å². The number of guanidine groups is 1. The van der Waals surface area contributed by atoms with E-state index in [4.69, 9.17) is 9.73 Å². The number of nitrogens with zero attached hydrogens (tertiary/aromatic N) is 5. The van der Waals surface area contributed by atoms with Crippen LogP contribution in [0.15, 0.2) is 22.5 Å². The molecule has 1 saturated carbocycles. The summed E-state index contributed by atoms with van der Waals surface area (Å²) in [7, 11) is 1.99. The molecular weight excluding hydrogens is 537 g/mol. The lowest BCUT2D eigenvalue weighted by atomic mass is 10.1. The van der Waals surface area contributed by atoms with Gasteiger partial charge in [0.25, 0.3) is 0 Å². The smallest absolute Gasteiger partial charge is 0.191 e. The molecule has 0 aromatic carbocycles. The maximum atomic E-state index is 5.78. The minimum Gasteiger partial charge on any atom is -0.376 e. The van der Waals surface area contributed by atoms with Gasteiger partial charge in [0.2, 0.25) is 0 Å². The van der Waals surface area contributed by atoms with E-state index in [0.717, 1.165) is 43.8 Å². The van der Waals surface area contributed by atoms with Crippen molar-refractivity contribution in [2.24, 2.45) is 12.0 Å². The molecule has 2 aromatic rings. The van der Waals surface area contributed by atoms with E-state index in [2.05, 4.69) is 50.2 Å². The number of morpholine rings is 1. The molecule has 0 amide bonds. The lowest BCUT2D eigenvalue weighted by Crippen LogP contribution is -2.49. The molecule has 4 rings (SSSR count).